The third-order valence-corrected chi connectivity index (χ3v) is 3.70. The van der Waals surface area contributed by atoms with E-state index < -0.39 is 0 Å². The smallest absolute Gasteiger partial charge is 0.0640 e. The van der Waals surface area contributed by atoms with E-state index in [4.69, 9.17) is 11.6 Å². The first-order chi connectivity index (χ1) is 9.10. The number of hydrogen-bond donors (Lipinski definition) is 1. The summed E-state index contributed by atoms with van der Waals surface area (Å²) in [4.78, 5) is 0. The molecule has 0 fully saturated rings. The van der Waals surface area contributed by atoms with Gasteiger partial charge in [-0.05, 0) is 49.1 Å². The summed E-state index contributed by atoms with van der Waals surface area (Å²) < 4.78 is 0. The van der Waals surface area contributed by atoms with E-state index in [1.54, 1.807) is 0 Å². The Morgan fingerprint density at radius 2 is 1.79 bits per heavy atom. The minimum atomic E-state index is 0.242. The molecule has 0 spiro atoms. The molecule has 0 aliphatic heterocycles. The molecule has 1 N–H and O–H groups in total. The number of halogens is 1. The standard InChI is InChI=1S/C17H20ClN/c1-4-14-6-8-15(9-7-14)13(3)19-17-10-5-12(2)11-16(17)18/h5-11,13,19H,4H2,1-3H3. The lowest BCUT2D eigenvalue weighted by Crippen LogP contribution is -2.07. The van der Waals surface area contributed by atoms with Crippen molar-refractivity contribution in [2.24, 2.45) is 0 Å². The highest BCUT2D eigenvalue weighted by Crippen LogP contribution is 2.27. The summed E-state index contributed by atoms with van der Waals surface area (Å²) in [5.41, 5.74) is 4.80. The van der Waals surface area contributed by atoms with Gasteiger partial charge in [0.25, 0.3) is 0 Å². The van der Waals surface area contributed by atoms with Crippen LogP contribution in [0.3, 0.4) is 0 Å². The average Bonchev–Trinajstić information content (AvgIpc) is 2.42. The Bertz CT molecular complexity index is 546. The van der Waals surface area contributed by atoms with Crippen LogP contribution >= 0.6 is 11.6 Å². The summed E-state index contributed by atoms with van der Waals surface area (Å²) in [6.07, 6.45) is 1.08. The Kier molecular flexibility index (Phi) is 4.49. The van der Waals surface area contributed by atoms with Gasteiger partial charge in [-0.2, -0.15) is 0 Å². The summed E-state index contributed by atoms with van der Waals surface area (Å²) in [5.74, 6) is 0. The zero-order valence-electron chi connectivity index (χ0n) is 11.7. The van der Waals surface area contributed by atoms with Crippen LogP contribution in [-0.4, -0.2) is 0 Å². The molecule has 0 aliphatic rings. The lowest BCUT2D eigenvalue weighted by molar-refractivity contribution is 0.882. The largest absolute Gasteiger partial charge is 0.377 e. The van der Waals surface area contributed by atoms with Gasteiger partial charge in [0.05, 0.1) is 10.7 Å². The van der Waals surface area contributed by atoms with Crippen LogP contribution in [0, 0.1) is 6.92 Å². The Labute approximate surface area is 120 Å². The van der Waals surface area contributed by atoms with E-state index in [9.17, 15) is 0 Å². The van der Waals surface area contributed by atoms with Gasteiger partial charge in [0.2, 0.25) is 0 Å². The zero-order chi connectivity index (χ0) is 13.8. The van der Waals surface area contributed by atoms with Gasteiger partial charge in [0, 0.05) is 6.04 Å². The van der Waals surface area contributed by atoms with Crippen molar-refractivity contribution in [3.05, 3.63) is 64.2 Å². The molecule has 100 valence electrons. The first-order valence-electron chi connectivity index (χ1n) is 6.71. The fourth-order valence-electron chi connectivity index (χ4n) is 2.10. The van der Waals surface area contributed by atoms with E-state index in [1.807, 2.05) is 19.1 Å². The van der Waals surface area contributed by atoms with E-state index in [0.29, 0.717) is 0 Å². The Morgan fingerprint density at radius 1 is 1.11 bits per heavy atom. The number of benzene rings is 2. The van der Waals surface area contributed by atoms with Crippen LogP contribution in [0.15, 0.2) is 42.5 Å². The van der Waals surface area contributed by atoms with Gasteiger partial charge in [0.1, 0.15) is 0 Å². The van der Waals surface area contributed by atoms with Crippen molar-refractivity contribution in [1.29, 1.82) is 0 Å². The molecule has 2 rings (SSSR count). The Balaban J connectivity index is 2.13. The monoisotopic (exact) mass is 273 g/mol. The quantitative estimate of drug-likeness (QED) is 0.788. The van der Waals surface area contributed by atoms with Crippen molar-refractivity contribution < 1.29 is 0 Å². The van der Waals surface area contributed by atoms with Gasteiger partial charge >= 0.3 is 0 Å². The molecule has 2 aromatic carbocycles. The van der Waals surface area contributed by atoms with Crippen molar-refractivity contribution in [3.63, 3.8) is 0 Å². The second kappa shape index (κ2) is 6.12. The number of rotatable bonds is 4. The highest BCUT2D eigenvalue weighted by molar-refractivity contribution is 6.33. The molecule has 1 atom stereocenters. The molecule has 2 aromatic rings. The second-order valence-corrected chi connectivity index (χ2v) is 5.35. The molecule has 0 aromatic heterocycles. The molecule has 0 saturated heterocycles. The maximum atomic E-state index is 6.25. The lowest BCUT2D eigenvalue weighted by Gasteiger charge is -2.17. The molecular formula is C17H20ClN. The summed E-state index contributed by atoms with van der Waals surface area (Å²) in [7, 11) is 0. The van der Waals surface area contributed by atoms with E-state index in [-0.39, 0.29) is 6.04 Å². The molecular weight excluding hydrogens is 254 g/mol. The molecule has 0 amide bonds. The van der Waals surface area contributed by atoms with Crippen LogP contribution in [0.4, 0.5) is 5.69 Å². The van der Waals surface area contributed by atoms with E-state index in [0.717, 1.165) is 17.1 Å². The molecule has 1 nitrogen and oxygen atoms in total. The predicted octanol–water partition coefficient (Wildman–Crippen LogP) is 5.38. The van der Waals surface area contributed by atoms with Gasteiger partial charge in [-0.25, -0.2) is 0 Å². The third-order valence-electron chi connectivity index (χ3n) is 3.38. The van der Waals surface area contributed by atoms with Crippen LogP contribution in [0.1, 0.15) is 36.6 Å². The van der Waals surface area contributed by atoms with Crippen LogP contribution in [-0.2, 0) is 6.42 Å². The molecule has 19 heavy (non-hydrogen) atoms. The highest BCUT2D eigenvalue weighted by Gasteiger charge is 2.07. The SMILES string of the molecule is CCc1ccc(C(C)Nc2ccc(C)cc2Cl)cc1. The fourth-order valence-corrected chi connectivity index (χ4v) is 2.39. The maximum absolute atomic E-state index is 6.25. The number of aryl methyl sites for hydroxylation is 2. The molecule has 0 radical (unpaired) electrons. The molecule has 1 unspecified atom stereocenters. The van der Waals surface area contributed by atoms with Crippen molar-refractivity contribution in [3.8, 4) is 0 Å². The predicted molar refractivity (Wildman–Crippen MR) is 84.0 cm³/mol. The first kappa shape index (κ1) is 14.0. The average molecular weight is 274 g/mol. The molecule has 0 aliphatic carbocycles. The number of anilines is 1. The van der Waals surface area contributed by atoms with Crippen LogP contribution in [0.25, 0.3) is 0 Å². The number of hydrogen-bond acceptors (Lipinski definition) is 1. The van der Waals surface area contributed by atoms with Crippen LogP contribution < -0.4 is 5.32 Å². The Morgan fingerprint density at radius 3 is 2.37 bits per heavy atom. The normalized spacial score (nSPS) is 12.2. The fraction of sp³-hybridized carbons (Fsp3) is 0.294. The van der Waals surface area contributed by atoms with Crippen molar-refractivity contribution in [1.82, 2.24) is 0 Å². The molecule has 0 heterocycles. The zero-order valence-corrected chi connectivity index (χ0v) is 12.5. The lowest BCUT2D eigenvalue weighted by atomic mass is 10.0. The molecule has 0 saturated carbocycles. The van der Waals surface area contributed by atoms with Crippen molar-refractivity contribution in [2.45, 2.75) is 33.2 Å². The first-order valence-corrected chi connectivity index (χ1v) is 7.09. The van der Waals surface area contributed by atoms with E-state index in [2.05, 4.69) is 49.5 Å². The number of nitrogens with one attached hydrogen (secondary N) is 1. The van der Waals surface area contributed by atoms with Crippen LogP contribution in [0.2, 0.25) is 5.02 Å². The highest BCUT2D eigenvalue weighted by atomic mass is 35.5. The van der Waals surface area contributed by atoms with Gasteiger partial charge in [-0.3, -0.25) is 0 Å². The topological polar surface area (TPSA) is 12.0 Å². The van der Waals surface area contributed by atoms with Gasteiger partial charge in [-0.15, -0.1) is 0 Å². The summed E-state index contributed by atoms with van der Waals surface area (Å²) in [6.45, 7) is 6.36. The van der Waals surface area contributed by atoms with Gasteiger partial charge in [-0.1, -0.05) is 48.9 Å². The van der Waals surface area contributed by atoms with Crippen LogP contribution in [0.5, 0.6) is 0 Å². The summed E-state index contributed by atoms with van der Waals surface area (Å²) in [6, 6.07) is 15.1. The minimum absolute atomic E-state index is 0.242. The maximum Gasteiger partial charge on any atom is 0.0640 e. The summed E-state index contributed by atoms with van der Waals surface area (Å²) in [5, 5.41) is 4.23. The third kappa shape index (κ3) is 3.51. The van der Waals surface area contributed by atoms with Gasteiger partial charge < -0.3 is 5.32 Å². The van der Waals surface area contributed by atoms with E-state index >= 15 is 0 Å². The molecule has 2 heteroatoms. The minimum Gasteiger partial charge on any atom is -0.377 e. The summed E-state index contributed by atoms with van der Waals surface area (Å²) >= 11 is 6.25. The second-order valence-electron chi connectivity index (χ2n) is 4.94. The van der Waals surface area contributed by atoms with Gasteiger partial charge in [0.15, 0.2) is 0 Å². The van der Waals surface area contributed by atoms with Crippen molar-refractivity contribution in [2.75, 3.05) is 5.32 Å². The van der Waals surface area contributed by atoms with Crippen molar-refractivity contribution >= 4 is 17.3 Å². The van der Waals surface area contributed by atoms with E-state index in [1.165, 1.54) is 16.7 Å². The molecule has 0 bridgehead atoms. The Hall–Kier alpha value is -1.47.